The lowest BCUT2D eigenvalue weighted by Crippen LogP contribution is -2.33. The molecular weight excluding hydrogens is 276 g/mol. The average Bonchev–Trinajstić information content (AvgIpc) is 2.91. The topological polar surface area (TPSA) is 19.7 Å². The summed E-state index contributed by atoms with van der Waals surface area (Å²) in [5.41, 5.74) is 4.96. The third kappa shape index (κ3) is 2.88. The Kier molecular flexibility index (Phi) is 4.11. The number of rotatable bonds is 5. The first-order valence-corrected chi connectivity index (χ1v) is 8.15. The van der Waals surface area contributed by atoms with Gasteiger partial charge in [0.2, 0.25) is 0 Å². The molecule has 0 aliphatic heterocycles. The number of benzene rings is 2. The van der Waals surface area contributed by atoms with Crippen molar-refractivity contribution in [3.8, 4) is 0 Å². The fourth-order valence-electron chi connectivity index (χ4n) is 2.44. The summed E-state index contributed by atoms with van der Waals surface area (Å²) in [5.74, 6) is 0.963. The van der Waals surface area contributed by atoms with Crippen LogP contribution in [-0.4, -0.2) is 4.98 Å². The first-order chi connectivity index (χ1) is 10.3. The van der Waals surface area contributed by atoms with Gasteiger partial charge < -0.3 is 0 Å². The van der Waals surface area contributed by atoms with Crippen LogP contribution in [0.3, 0.4) is 0 Å². The zero-order chi connectivity index (χ0) is 14.7. The summed E-state index contributed by atoms with van der Waals surface area (Å²) in [6.07, 6.45) is 1.87. The SMILES string of the molecule is C=Cc1ccc(CSc2[nH]c3ccccc3[n+]2CC)cc1. The highest BCUT2D eigenvalue weighted by atomic mass is 32.2. The Morgan fingerprint density at radius 3 is 2.62 bits per heavy atom. The Hall–Kier alpha value is -2.00. The molecule has 0 amide bonds. The van der Waals surface area contributed by atoms with E-state index >= 15 is 0 Å². The molecule has 0 aliphatic carbocycles. The van der Waals surface area contributed by atoms with E-state index in [1.165, 1.54) is 21.8 Å². The highest BCUT2D eigenvalue weighted by Crippen LogP contribution is 2.22. The monoisotopic (exact) mass is 295 g/mol. The molecule has 1 aromatic heterocycles. The molecule has 0 bridgehead atoms. The first kappa shape index (κ1) is 14.0. The van der Waals surface area contributed by atoms with Crippen LogP contribution >= 0.6 is 11.8 Å². The van der Waals surface area contributed by atoms with E-state index in [4.69, 9.17) is 0 Å². The van der Waals surface area contributed by atoms with Crippen molar-refractivity contribution in [3.05, 3.63) is 66.2 Å². The predicted molar refractivity (Wildman–Crippen MR) is 90.3 cm³/mol. The minimum atomic E-state index is 0.963. The molecule has 0 atom stereocenters. The number of fused-ring (bicyclic) bond motifs is 1. The number of aromatic nitrogens is 2. The van der Waals surface area contributed by atoms with Crippen molar-refractivity contribution in [3.63, 3.8) is 0 Å². The Morgan fingerprint density at radius 1 is 1.14 bits per heavy atom. The number of thioether (sulfide) groups is 1. The molecule has 2 aromatic carbocycles. The number of aromatic amines is 1. The van der Waals surface area contributed by atoms with Crippen molar-refractivity contribution in [2.75, 3.05) is 0 Å². The summed E-state index contributed by atoms with van der Waals surface area (Å²) < 4.78 is 2.33. The number of aryl methyl sites for hydroxylation is 1. The zero-order valence-electron chi connectivity index (χ0n) is 12.2. The second-order valence-electron chi connectivity index (χ2n) is 4.93. The van der Waals surface area contributed by atoms with Crippen LogP contribution in [-0.2, 0) is 12.3 Å². The van der Waals surface area contributed by atoms with Gasteiger partial charge in [-0.15, -0.1) is 0 Å². The van der Waals surface area contributed by atoms with Gasteiger partial charge in [-0.05, 0) is 41.9 Å². The van der Waals surface area contributed by atoms with E-state index in [-0.39, 0.29) is 0 Å². The minimum absolute atomic E-state index is 0.963. The van der Waals surface area contributed by atoms with Gasteiger partial charge >= 0.3 is 5.16 Å². The molecule has 0 radical (unpaired) electrons. The summed E-state index contributed by atoms with van der Waals surface area (Å²) in [6, 6.07) is 17.0. The number of imidazole rings is 1. The molecule has 0 fully saturated rings. The van der Waals surface area contributed by atoms with E-state index in [1.54, 1.807) is 0 Å². The average molecular weight is 295 g/mol. The summed E-state index contributed by atoms with van der Waals surface area (Å²) in [7, 11) is 0. The number of para-hydroxylation sites is 2. The highest BCUT2D eigenvalue weighted by Gasteiger charge is 2.16. The van der Waals surface area contributed by atoms with Crippen LogP contribution in [0.25, 0.3) is 17.1 Å². The van der Waals surface area contributed by atoms with Gasteiger partial charge in [0, 0.05) is 5.75 Å². The molecule has 3 heteroatoms. The molecule has 0 saturated heterocycles. The Bertz CT molecular complexity index is 756. The van der Waals surface area contributed by atoms with E-state index in [2.05, 4.69) is 71.6 Å². The number of nitrogens with zero attached hydrogens (tertiary/aromatic N) is 1. The Labute approximate surface area is 129 Å². The minimum Gasteiger partial charge on any atom is -0.231 e. The lowest BCUT2D eigenvalue weighted by molar-refractivity contribution is -0.705. The zero-order valence-corrected chi connectivity index (χ0v) is 13.0. The van der Waals surface area contributed by atoms with Crippen LogP contribution in [0, 0.1) is 0 Å². The van der Waals surface area contributed by atoms with Gasteiger partial charge in [0.1, 0.15) is 0 Å². The largest absolute Gasteiger partial charge is 0.317 e. The molecule has 0 unspecified atom stereocenters. The molecule has 3 rings (SSSR count). The van der Waals surface area contributed by atoms with Gasteiger partial charge in [-0.3, -0.25) is 0 Å². The van der Waals surface area contributed by atoms with Crippen LogP contribution in [0.1, 0.15) is 18.1 Å². The van der Waals surface area contributed by atoms with Crippen LogP contribution in [0.4, 0.5) is 0 Å². The van der Waals surface area contributed by atoms with Crippen molar-refractivity contribution in [2.45, 2.75) is 24.4 Å². The van der Waals surface area contributed by atoms with Gasteiger partial charge in [-0.2, -0.15) is 0 Å². The van der Waals surface area contributed by atoms with E-state index in [1.807, 2.05) is 17.8 Å². The lowest BCUT2D eigenvalue weighted by atomic mass is 10.1. The van der Waals surface area contributed by atoms with E-state index in [0.29, 0.717) is 0 Å². The van der Waals surface area contributed by atoms with Gasteiger partial charge in [0.05, 0.1) is 6.54 Å². The van der Waals surface area contributed by atoms with Gasteiger partial charge in [0.15, 0.2) is 11.0 Å². The second kappa shape index (κ2) is 6.19. The van der Waals surface area contributed by atoms with Crippen molar-refractivity contribution in [1.82, 2.24) is 4.98 Å². The third-order valence-electron chi connectivity index (χ3n) is 3.59. The number of H-pyrrole nitrogens is 1. The fraction of sp³-hybridized carbons (Fsp3) is 0.167. The predicted octanol–water partition coefficient (Wildman–Crippen LogP) is 4.41. The summed E-state index contributed by atoms with van der Waals surface area (Å²) in [5, 5.41) is 1.21. The lowest BCUT2D eigenvalue weighted by Gasteiger charge is -2.00. The van der Waals surface area contributed by atoms with E-state index < -0.39 is 0 Å². The highest BCUT2D eigenvalue weighted by molar-refractivity contribution is 7.98. The Balaban J connectivity index is 1.82. The number of hydrogen-bond donors (Lipinski definition) is 1. The maximum Gasteiger partial charge on any atom is 0.317 e. The molecule has 0 saturated carbocycles. The number of nitrogens with one attached hydrogen (secondary N) is 1. The van der Waals surface area contributed by atoms with Crippen molar-refractivity contribution >= 4 is 28.9 Å². The maximum atomic E-state index is 3.79. The molecule has 21 heavy (non-hydrogen) atoms. The fourth-order valence-corrected chi connectivity index (χ4v) is 3.50. The van der Waals surface area contributed by atoms with Gasteiger partial charge in [0.25, 0.3) is 0 Å². The normalized spacial score (nSPS) is 10.9. The van der Waals surface area contributed by atoms with E-state index in [9.17, 15) is 0 Å². The second-order valence-corrected chi connectivity index (χ2v) is 5.89. The molecule has 2 nitrogen and oxygen atoms in total. The Morgan fingerprint density at radius 2 is 1.90 bits per heavy atom. The third-order valence-corrected chi connectivity index (χ3v) is 4.66. The summed E-state index contributed by atoms with van der Waals surface area (Å²) in [6.45, 7) is 6.95. The molecule has 1 heterocycles. The van der Waals surface area contributed by atoms with Crippen molar-refractivity contribution in [1.29, 1.82) is 0 Å². The van der Waals surface area contributed by atoms with Crippen LogP contribution in [0.15, 0.2) is 60.3 Å². The summed E-state index contributed by atoms with van der Waals surface area (Å²) >= 11 is 1.85. The molecular formula is C18H19N2S+. The molecule has 1 N–H and O–H groups in total. The maximum absolute atomic E-state index is 3.79. The van der Waals surface area contributed by atoms with Crippen molar-refractivity contribution in [2.24, 2.45) is 0 Å². The van der Waals surface area contributed by atoms with Crippen molar-refractivity contribution < 1.29 is 4.57 Å². The van der Waals surface area contributed by atoms with Gasteiger partial charge in [-0.1, -0.05) is 49.1 Å². The standard InChI is InChI=1S/C18H18N2S/c1-3-14-9-11-15(12-10-14)13-21-18-19-16-7-5-6-8-17(16)20(18)4-2/h3,5-12H,1,4,13H2,2H3/p+1. The molecule has 0 spiro atoms. The smallest absolute Gasteiger partial charge is 0.231 e. The molecule has 3 aromatic rings. The summed E-state index contributed by atoms with van der Waals surface area (Å²) in [4.78, 5) is 3.52. The molecule has 0 aliphatic rings. The van der Waals surface area contributed by atoms with E-state index in [0.717, 1.165) is 17.9 Å². The molecule has 106 valence electrons. The van der Waals surface area contributed by atoms with Crippen LogP contribution in [0.5, 0.6) is 0 Å². The van der Waals surface area contributed by atoms with Gasteiger partial charge in [-0.25, -0.2) is 9.55 Å². The first-order valence-electron chi connectivity index (χ1n) is 7.16. The van der Waals surface area contributed by atoms with Crippen LogP contribution < -0.4 is 4.57 Å². The quantitative estimate of drug-likeness (QED) is 0.546. The number of hydrogen-bond acceptors (Lipinski definition) is 1. The van der Waals surface area contributed by atoms with Crippen LogP contribution in [0.2, 0.25) is 0 Å².